The maximum absolute atomic E-state index is 11.3. The fourth-order valence-electron chi connectivity index (χ4n) is 1.15. The highest BCUT2D eigenvalue weighted by atomic mass is 32.2. The van der Waals surface area contributed by atoms with Gasteiger partial charge in [-0.3, -0.25) is 0 Å². The second kappa shape index (κ2) is 5.15. The molecule has 0 saturated heterocycles. The molecule has 0 saturated carbocycles. The van der Waals surface area contributed by atoms with Gasteiger partial charge in [0.2, 0.25) is 10.0 Å². The van der Waals surface area contributed by atoms with Gasteiger partial charge in [0.05, 0.1) is 5.75 Å². The summed E-state index contributed by atoms with van der Waals surface area (Å²) in [5.41, 5.74) is 1.18. The molecular weight excluding hydrogens is 242 g/mol. The molecule has 0 aromatic heterocycles. The van der Waals surface area contributed by atoms with Crippen LogP contribution in [0.1, 0.15) is 5.56 Å². The summed E-state index contributed by atoms with van der Waals surface area (Å²) >= 11 is 0. The Bertz CT molecular complexity index is 494. The van der Waals surface area contributed by atoms with Crippen molar-refractivity contribution in [2.75, 3.05) is 19.4 Å². The molecule has 7 heteroatoms. The summed E-state index contributed by atoms with van der Waals surface area (Å²) in [7, 11) is -0.263. The Hall–Kier alpha value is -1.60. The molecule has 0 fully saturated rings. The highest BCUT2D eigenvalue weighted by Gasteiger charge is 2.06. The number of carbonyl (C=O) groups excluding carboxylic acids is 1. The molecule has 0 radical (unpaired) electrons. The van der Waals surface area contributed by atoms with Crippen LogP contribution in [0.25, 0.3) is 0 Å². The molecule has 0 atom stereocenters. The molecule has 0 unspecified atom stereocenters. The first-order chi connectivity index (χ1) is 7.78. The van der Waals surface area contributed by atoms with Crippen LogP contribution in [0.5, 0.6) is 0 Å². The molecule has 0 spiro atoms. The van der Waals surface area contributed by atoms with Crippen LogP contribution in [0.15, 0.2) is 24.3 Å². The number of primary sulfonamides is 1. The third-order valence-corrected chi connectivity index (χ3v) is 2.71. The number of hydrogen-bond donors (Lipinski definition) is 2. The number of nitrogens with one attached hydrogen (secondary N) is 1. The molecule has 1 aromatic rings. The maximum Gasteiger partial charge on any atom is 0.321 e. The second-order valence-electron chi connectivity index (χ2n) is 3.83. The van der Waals surface area contributed by atoms with E-state index in [9.17, 15) is 13.2 Å². The Balaban J connectivity index is 2.72. The lowest BCUT2D eigenvalue weighted by Crippen LogP contribution is -2.27. The minimum Gasteiger partial charge on any atom is -0.331 e. The lowest BCUT2D eigenvalue weighted by atomic mass is 10.2. The van der Waals surface area contributed by atoms with Crippen molar-refractivity contribution in [3.05, 3.63) is 29.8 Å². The molecule has 0 aliphatic carbocycles. The molecule has 6 nitrogen and oxygen atoms in total. The molecule has 0 aliphatic heterocycles. The van der Waals surface area contributed by atoms with Gasteiger partial charge >= 0.3 is 6.03 Å². The highest BCUT2D eigenvalue weighted by Crippen LogP contribution is 2.11. The lowest BCUT2D eigenvalue weighted by molar-refractivity contribution is 0.230. The number of sulfonamides is 1. The summed E-state index contributed by atoms with van der Waals surface area (Å²) in [5.74, 6) is -0.213. The van der Waals surface area contributed by atoms with Crippen molar-refractivity contribution in [2.45, 2.75) is 5.75 Å². The zero-order valence-electron chi connectivity index (χ0n) is 9.67. The van der Waals surface area contributed by atoms with Crippen molar-refractivity contribution in [1.82, 2.24) is 4.90 Å². The van der Waals surface area contributed by atoms with Gasteiger partial charge in [-0.25, -0.2) is 18.4 Å². The third-order valence-electron chi connectivity index (χ3n) is 1.98. The Morgan fingerprint density at radius 2 is 1.82 bits per heavy atom. The number of nitrogens with zero attached hydrogens (tertiary/aromatic N) is 1. The quantitative estimate of drug-likeness (QED) is 0.829. The van der Waals surface area contributed by atoms with E-state index >= 15 is 0 Å². The van der Waals surface area contributed by atoms with Gasteiger partial charge in [-0.05, 0) is 17.7 Å². The maximum atomic E-state index is 11.3. The normalized spacial score (nSPS) is 11.0. The van der Waals surface area contributed by atoms with Crippen LogP contribution in [0.3, 0.4) is 0 Å². The van der Waals surface area contributed by atoms with E-state index in [2.05, 4.69) is 5.32 Å². The van der Waals surface area contributed by atoms with Crippen molar-refractivity contribution in [1.29, 1.82) is 0 Å². The van der Waals surface area contributed by atoms with E-state index in [0.29, 0.717) is 11.3 Å². The number of amides is 2. The number of carbonyl (C=O) groups is 1. The molecule has 1 aromatic carbocycles. The number of benzene rings is 1. The van der Waals surface area contributed by atoms with Crippen LogP contribution in [-0.4, -0.2) is 33.4 Å². The van der Waals surface area contributed by atoms with E-state index < -0.39 is 10.0 Å². The molecule has 2 amide bonds. The van der Waals surface area contributed by atoms with E-state index in [-0.39, 0.29) is 11.8 Å². The minimum absolute atomic E-state index is 0.213. The monoisotopic (exact) mass is 257 g/mol. The Labute approximate surface area is 100 Å². The van der Waals surface area contributed by atoms with Crippen LogP contribution in [0.2, 0.25) is 0 Å². The van der Waals surface area contributed by atoms with Gasteiger partial charge in [-0.15, -0.1) is 0 Å². The smallest absolute Gasteiger partial charge is 0.321 e. The molecule has 17 heavy (non-hydrogen) atoms. The molecule has 94 valence electrons. The number of urea groups is 1. The first-order valence-electron chi connectivity index (χ1n) is 4.85. The molecule has 1 rings (SSSR count). The fraction of sp³-hybridized carbons (Fsp3) is 0.300. The summed E-state index contributed by atoms with van der Waals surface area (Å²) < 4.78 is 21.7. The van der Waals surface area contributed by atoms with E-state index in [1.165, 1.54) is 4.90 Å². The summed E-state index contributed by atoms with van der Waals surface area (Å²) in [6.07, 6.45) is 0. The van der Waals surface area contributed by atoms with Gasteiger partial charge in [0, 0.05) is 19.8 Å². The van der Waals surface area contributed by atoms with Crippen LogP contribution in [-0.2, 0) is 15.8 Å². The SMILES string of the molecule is CN(C)C(=O)Nc1ccc(CS(N)(=O)=O)cc1. The number of nitrogens with two attached hydrogens (primary N) is 1. The topological polar surface area (TPSA) is 92.5 Å². The lowest BCUT2D eigenvalue weighted by Gasteiger charge is -2.12. The van der Waals surface area contributed by atoms with Gasteiger partial charge in [-0.1, -0.05) is 12.1 Å². The average Bonchev–Trinajstić information content (AvgIpc) is 2.18. The molecule has 0 bridgehead atoms. The van der Waals surface area contributed by atoms with Crippen molar-refractivity contribution >= 4 is 21.7 Å². The van der Waals surface area contributed by atoms with Gasteiger partial charge in [0.15, 0.2) is 0 Å². The van der Waals surface area contributed by atoms with Crippen LogP contribution in [0.4, 0.5) is 10.5 Å². The molecular formula is C10H15N3O3S. The summed E-state index contributed by atoms with van der Waals surface area (Å²) in [4.78, 5) is 12.7. The Morgan fingerprint density at radius 1 is 1.29 bits per heavy atom. The molecule has 0 heterocycles. The van der Waals surface area contributed by atoms with Gasteiger partial charge in [0.25, 0.3) is 0 Å². The van der Waals surface area contributed by atoms with E-state index in [1.807, 2.05) is 0 Å². The van der Waals surface area contributed by atoms with Crippen LogP contribution < -0.4 is 10.5 Å². The molecule has 3 N–H and O–H groups in total. The third kappa shape index (κ3) is 4.83. The zero-order valence-corrected chi connectivity index (χ0v) is 10.5. The van der Waals surface area contributed by atoms with Gasteiger partial charge < -0.3 is 10.2 Å². The summed E-state index contributed by atoms with van der Waals surface area (Å²) in [5, 5.41) is 7.56. The minimum atomic E-state index is -3.52. The summed E-state index contributed by atoms with van der Waals surface area (Å²) in [6, 6.07) is 6.22. The number of hydrogen-bond acceptors (Lipinski definition) is 3. The van der Waals surface area contributed by atoms with Crippen molar-refractivity contribution in [3.8, 4) is 0 Å². The fourth-order valence-corrected chi connectivity index (χ4v) is 1.81. The van der Waals surface area contributed by atoms with Crippen molar-refractivity contribution in [2.24, 2.45) is 5.14 Å². The van der Waals surface area contributed by atoms with Gasteiger partial charge in [-0.2, -0.15) is 0 Å². The predicted molar refractivity (Wildman–Crippen MR) is 66.0 cm³/mol. The molecule has 0 aliphatic rings. The Kier molecular flexibility index (Phi) is 4.08. The second-order valence-corrected chi connectivity index (χ2v) is 5.44. The summed E-state index contributed by atoms with van der Waals surface area (Å²) in [6.45, 7) is 0. The van der Waals surface area contributed by atoms with E-state index in [1.54, 1.807) is 38.4 Å². The van der Waals surface area contributed by atoms with E-state index in [0.717, 1.165) is 0 Å². The van der Waals surface area contributed by atoms with Crippen molar-refractivity contribution in [3.63, 3.8) is 0 Å². The largest absolute Gasteiger partial charge is 0.331 e. The van der Waals surface area contributed by atoms with E-state index in [4.69, 9.17) is 5.14 Å². The standard InChI is InChI=1S/C10H15N3O3S/c1-13(2)10(14)12-9-5-3-8(4-6-9)7-17(11,15)16/h3-6H,7H2,1-2H3,(H,12,14)(H2,11,15,16). The predicted octanol–water partition coefficient (Wildman–Crippen LogP) is 0.569. The zero-order chi connectivity index (χ0) is 13.1. The Morgan fingerprint density at radius 3 is 2.24 bits per heavy atom. The highest BCUT2D eigenvalue weighted by molar-refractivity contribution is 7.88. The average molecular weight is 257 g/mol. The first kappa shape index (κ1) is 13.5. The van der Waals surface area contributed by atoms with Crippen LogP contribution >= 0.6 is 0 Å². The first-order valence-corrected chi connectivity index (χ1v) is 6.57. The number of rotatable bonds is 3. The van der Waals surface area contributed by atoms with Gasteiger partial charge in [0.1, 0.15) is 0 Å². The number of anilines is 1. The van der Waals surface area contributed by atoms with Crippen LogP contribution in [0, 0.1) is 0 Å². The van der Waals surface area contributed by atoms with Crippen molar-refractivity contribution < 1.29 is 13.2 Å².